The van der Waals surface area contributed by atoms with Crippen LogP contribution in [0.25, 0.3) is 0 Å². The molecule has 1 aromatic carbocycles. The summed E-state index contributed by atoms with van der Waals surface area (Å²) in [6, 6.07) is 7.09. The van der Waals surface area contributed by atoms with Crippen LogP contribution in [-0.2, 0) is 4.79 Å². The predicted molar refractivity (Wildman–Crippen MR) is 87.6 cm³/mol. The summed E-state index contributed by atoms with van der Waals surface area (Å²) in [6.45, 7) is 2.83. The average molecular weight is 316 g/mol. The highest BCUT2D eigenvalue weighted by Crippen LogP contribution is 2.43. The van der Waals surface area contributed by atoms with Gasteiger partial charge < -0.3 is 10.2 Å². The molecule has 2 aliphatic heterocycles. The number of nitrogens with one attached hydrogen (secondary N) is 1. The number of rotatable bonds is 3. The molecule has 124 valence electrons. The highest BCUT2D eigenvalue weighted by molar-refractivity contribution is 5.78. The molecular formula is C19H25FN2O. The monoisotopic (exact) mass is 316 g/mol. The van der Waals surface area contributed by atoms with E-state index < -0.39 is 0 Å². The number of amides is 1. The summed E-state index contributed by atoms with van der Waals surface area (Å²) in [5.41, 5.74) is 0.493. The van der Waals surface area contributed by atoms with E-state index in [1.807, 2.05) is 12.1 Å². The molecule has 0 bridgehead atoms. The molecular weight excluding hydrogens is 291 g/mol. The van der Waals surface area contributed by atoms with Crippen molar-refractivity contribution in [3.63, 3.8) is 0 Å². The first-order chi connectivity index (χ1) is 11.2. The van der Waals surface area contributed by atoms with Gasteiger partial charge in [-0.3, -0.25) is 4.79 Å². The van der Waals surface area contributed by atoms with Crippen molar-refractivity contribution in [3.05, 3.63) is 35.6 Å². The van der Waals surface area contributed by atoms with Crippen molar-refractivity contribution in [3.8, 4) is 0 Å². The van der Waals surface area contributed by atoms with E-state index in [0.29, 0.717) is 6.42 Å². The topological polar surface area (TPSA) is 32.3 Å². The van der Waals surface area contributed by atoms with Gasteiger partial charge in [0.15, 0.2) is 0 Å². The molecule has 2 saturated heterocycles. The number of carbonyl (C=O) groups is 1. The molecule has 0 radical (unpaired) electrons. The normalized spacial score (nSPS) is 32.0. The first-order valence-electron chi connectivity index (χ1n) is 8.94. The van der Waals surface area contributed by atoms with Gasteiger partial charge in [0.05, 0.1) is 5.54 Å². The van der Waals surface area contributed by atoms with E-state index in [-0.39, 0.29) is 23.2 Å². The molecule has 1 aromatic rings. The van der Waals surface area contributed by atoms with Gasteiger partial charge in [0, 0.05) is 32.0 Å². The largest absolute Gasteiger partial charge is 0.349 e. The van der Waals surface area contributed by atoms with Crippen LogP contribution in [-0.4, -0.2) is 36.0 Å². The lowest BCUT2D eigenvalue weighted by atomic mass is 9.76. The zero-order valence-electron chi connectivity index (χ0n) is 13.6. The number of hydrogen-bond acceptors (Lipinski definition) is 2. The molecule has 1 N–H and O–H groups in total. The second-order valence-corrected chi connectivity index (χ2v) is 7.62. The van der Waals surface area contributed by atoms with Crippen LogP contribution in [0.3, 0.4) is 0 Å². The lowest BCUT2D eigenvalue weighted by molar-refractivity contribution is -0.125. The van der Waals surface area contributed by atoms with Crippen LogP contribution in [0.5, 0.6) is 0 Å². The van der Waals surface area contributed by atoms with Crippen molar-refractivity contribution < 1.29 is 9.18 Å². The molecule has 3 fully saturated rings. The Morgan fingerprint density at radius 3 is 2.78 bits per heavy atom. The smallest absolute Gasteiger partial charge is 0.220 e. The maximum atomic E-state index is 14.4. The Labute approximate surface area is 137 Å². The highest BCUT2D eigenvalue weighted by atomic mass is 19.1. The van der Waals surface area contributed by atoms with Crippen LogP contribution >= 0.6 is 0 Å². The summed E-state index contributed by atoms with van der Waals surface area (Å²) in [5.74, 6) is 0.851. The summed E-state index contributed by atoms with van der Waals surface area (Å²) in [7, 11) is 0. The van der Waals surface area contributed by atoms with Gasteiger partial charge in [-0.05, 0) is 43.2 Å². The van der Waals surface area contributed by atoms with Gasteiger partial charge in [0.1, 0.15) is 5.82 Å². The van der Waals surface area contributed by atoms with Crippen molar-refractivity contribution in [2.24, 2.45) is 5.92 Å². The summed E-state index contributed by atoms with van der Waals surface area (Å²) in [4.78, 5) is 14.5. The second-order valence-electron chi connectivity index (χ2n) is 7.62. The Morgan fingerprint density at radius 2 is 2.09 bits per heavy atom. The zero-order valence-corrected chi connectivity index (χ0v) is 13.6. The molecule has 23 heavy (non-hydrogen) atoms. The maximum Gasteiger partial charge on any atom is 0.220 e. The van der Waals surface area contributed by atoms with Crippen molar-refractivity contribution in [2.45, 2.75) is 50.0 Å². The summed E-state index contributed by atoms with van der Waals surface area (Å²) in [5, 5.41) is 3.26. The standard InChI is InChI=1S/C19H25FN2O/c20-17-8-2-1-7-15(17)16-12-22(11-14-5-3-6-14)13-19(16)10-4-9-18(23)21-19/h1-2,7-8,14,16H,3-6,9-13H2,(H,21,23)/t16-,19+/m0/s1. The molecule has 4 heteroatoms. The minimum absolute atomic E-state index is 0.0630. The van der Waals surface area contributed by atoms with Crippen LogP contribution in [0.4, 0.5) is 4.39 Å². The van der Waals surface area contributed by atoms with E-state index in [4.69, 9.17) is 0 Å². The summed E-state index contributed by atoms with van der Waals surface area (Å²) >= 11 is 0. The molecule has 3 aliphatic rings. The van der Waals surface area contributed by atoms with Crippen molar-refractivity contribution in [2.75, 3.05) is 19.6 Å². The molecule has 3 nitrogen and oxygen atoms in total. The molecule has 4 rings (SSSR count). The molecule has 2 heterocycles. The third kappa shape index (κ3) is 2.78. The molecule has 0 aromatic heterocycles. The molecule has 1 saturated carbocycles. The fraction of sp³-hybridized carbons (Fsp3) is 0.632. The zero-order chi connectivity index (χ0) is 15.9. The van der Waals surface area contributed by atoms with Gasteiger partial charge in [-0.2, -0.15) is 0 Å². The minimum atomic E-state index is -0.277. The van der Waals surface area contributed by atoms with Crippen molar-refractivity contribution >= 4 is 5.91 Å². The minimum Gasteiger partial charge on any atom is -0.349 e. The quantitative estimate of drug-likeness (QED) is 0.929. The lowest BCUT2D eigenvalue weighted by Gasteiger charge is -2.39. The van der Waals surface area contributed by atoms with Gasteiger partial charge in [-0.15, -0.1) is 0 Å². The Balaban J connectivity index is 1.62. The Hall–Kier alpha value is -1.42. The van der Waals surface area contributed by atoms with E-state index in [1.54, 1.807) is 12.1 Å². The van der Waals surface area contributed by atoms with Gasteiger partial charge in [-0.1, -0.05) is 24.6 Å². The highest BCUT2D eigenvalue weighted by Gasteiger charge is 2.50. The van der Waals surface area contributed by atoms with Crippen LogP contribution in [0.15, 0.2) is 24.3 Å². The summed E-state index contributed by atoms with van der Waals surface area (Å²) < 4.78 is 14.4. The first kappa shape index (κ1) is 15.1. The van der Waals surface area contributed by atoms with Gasteiger partial charge in [0.2, 0.25) is 5.91 Å². The van der Waals surface area contributed by atoms with Crippen LogP contribution in [0.2, 0.25) is 0 Å². The van der Waals surface area contributed by atoms with Gasteiger partial charge >= 0.3 is 0 Å². The molecule has 1 aliphatic carbocycles. The van der Waals surface area contributed by atoms with Gasteiger partial charge in [0.25, 0.3) is 0 Å². The molecule has 1 amide bonds. The van der Waals surface area contributed by atoms with E-state index >= 15 is 0 Å². The molecule has 2 atom stereocenters. The molecule has 0 unspecified atom stereocenters. The Kier molecular flexibility index (Phi) is 3.88. The van der Waals surface area contributed by atoms with Crippen molar-refractivity contribution in [1.29, 1.82) is 0 Å². The first-order valence-corrected chi connectivity index (χ1v) is 8.94. The number of hydrogen-bond donors (Lipinski definition) is 1. The third-order valence-electron chi connectivity index (χ3n) is 6.05. The number of likely N-dealkylation sites (tertiary alicyclic amines) is 1. The third-order valence-corrected chi connectivity index (χ3v) is 6.05. The van der Waals surface area contributed by atoms with Crippen LogP contribution < -0.4 is 5.32 Å². The Morgan fingerprint density at radius 1 is 1.26 bits per heavy atom. The fourth-order valence-corrected chi connectivity index (χ4v) is 4.69. The van der Waals surface area contributed by atoms with Crippen LogP contribution in [0, 0.1) is 11.7 Å². The van der Waals surface area contributed by atoms with E-state index in [0.717, 1.165) is 44.0 Å². The Bertz CT molecular complexity index is 601. The van der Waals surface area contributed by atoms with E-state index in [9.17, 15) is 9.18 Å². The number of carbonyl (C=O) groups excluding carboxylic acids is 1. The predicted octanol–water partition coefficient (Wildman–Crippen LogP) is 3.06. The summed E-state index contributed by atoms with van der Waals surface area (Å²) in [6.07, 6.45) is 6.46. The maximum absolute atomic E-state index is 14.4. The van der Waals surface area contributed by atoms with Crippen molar-refractivity contribution in [1.82, 2.24) is 10.2 Å². The number of benzene rings is 1. The van der Waals surface area contributed by atoms with Gasteiger partial charge in [-0.25, -0.2) is 4.39 Å². The molecule has 1 spiro atoms. The lowest BCUT2D eigenvalue weighted by Crippen LogP contribution is -2.56. The second kappa shape index (κ2) is 5.90. The number of piperidine rings is 1. The van der Waals surface area contributed by atoms with E-state index in [1.165, 1.54) is 19.3 Å². The number of halogens is 1. The SMILES string of the molecule is O=C1CCC[C@]2(CN(CC3CCC3)C[C@H]2c2ccccc2F)N1. The van der Waals surface area contributed by atoms with E-state index in [2.05, 4.69) is 10.2 Å². The fourth-order valence-electron chi connectivity index (χ4n) is 4.69. The number of nitrogens with zero attached hydrogens (tertiary/aromatic N) is 1. The van der Waals surface area contributed by atoms with Crippen LogP contribution in [0.1, 0.15) is 50.0 Å². The average Bonchev–Trinajstić information content (AvgIpc) is 2.81.